The van der Waals surface area contributed by atoms with Crippen molar-refractivity contribution in [1.29, 1.82) is 0 Å². The second kappa shape index (κ2) is 6.80. The van der Waals surface area contributed by atoms with E-state index in [1.54, 1.807) is 12.5 Å². The van der Waals surface area contributed by atoms with Gasteiger partial charge in [-0.3, -0.25) is 9.78 Å². The number of nitrogens with one attached hydrogen (secondary N) is 2. The highest BCUT2D eigenvalue weighted by atomic mass is 16.1. The zero-order chi connectivity index (χ0) is 17.9. The molecule has 0 radical (unpaired) electrons. The van der Waals surface area contributed by atoms with Crippen LogP contribution in [0, 0.1) is 0 Å². The van der Waals surface area contributed by atoms with Crippen molar-refractivity contribution in [2.45, 2.75) is 13.0 Å². The molecule has 0 bridgehead atoms. The highest BCUT2D eigenvalue weighted by Crippen LogP contribution is 2.27. The topological polar surface area (TPSA) is 70.7 Å². The summed E-state index contributed by atoms with van der Waals surface area (Å²) in [6, 6.07) is 19.7. The molecule has 0 fully saturated rings. The van der Waals surface area contributed by atoms with Crippen LogP contribution in [-0.2, 0) is 4.79 Å². The molecule has 0 aliphatic heterocycles. The predicted molar refractivity (Wildman–Crippen MR) is 101 cm³/mol. The standard InChI is InChI=1S/C21H18N4O/c1-14(26)25-21(17-8-9-19-20(12-17)24-13-23-19)16-6-4-5-15(11-16)18-7-2-3-10-22-18/h2-13,21H,1H3,(H,23,24)(H,25,26). The predicted octanol–water partition coefficient (Wildman–Crippen LogP) is 3.85. The molecule has 2 aromatic carbocycles. The summed E-state index contributed by atoms with van der Waals surface area (Å²) in [5.74, 6) is -0.0830. The minimum absolute atomic E-state index is 0.0830. The number of pyridine rings is 1. The Morgan fingerprint density at radius 2 is 1.88 bits per heavy atom. The summed E-state index contributed by atoms with van der Waals surface area (Å²) in [6.45, 7) is 1.53. The number of hydrogen-bond acceptors (Lipinski definition) is 3. The molecule has 0 saturated carbocycles. The van der Waals surface area contributed by atoms with Crippen LogP contribution in [0.25, 0.3) is 22.3 Å². The van der Waals surface area contributed by atoms with Gasteiger partial charge in [0.1, 0.15) is 0 Å². The zero-order valence-electron chi connectivity index (χ0n) is 14.3. The van der Waals surface area contributed by atoms with Crippen LogP contribution in [0.3, 0.4) is 0 Å². The molecule has 5 heteroatoms. The van der Waals surface area contributed by atoms with Crippen LogP contribution in [-0.4, -0.2) is 20.9 Å². The van der Waals surface area contributed by atoms with E-state index in [0.717, 1.165) is 33.4 Å². The van der Waals surface area contributed by atoms with Gasteiger partial charge in [0.2, 0.25) is 5.91 Å². The summed E-state index contributed by atoms with van der Waals surface area (Å²) in [5, 5.41) is 3.05. The normalized spacial score (nSPS) is 12.0. The molecular formula is C21H18N4O. The van der Waals surface area contributed by atoms with Crippen LogP contribution in [0.2, 0.25) is 0 Å². The van der Waals surface area contributed by atoms with E-state index in [-0.39, 0.29) is 11.9 Å². The molecule has 2 aromatic heterocycles. The first-order chi connectivity index (χ1) is 12.7. The van der Waals surface area contributed by atoms with E-state index < -0.39 is 0 Å². The third kappa shape index (κ3) is 3.19. The van der Waals surface area contributed by atoms with Crippen molar-refractivity contribution >= 4 is 16.9 Å². The molecule has 26 heavy (non-hydrogen) atoms. The van der Waals surface area contributed by atoms with Crippen molar-refractivity contribution < 1.29 is 4.79 Å². The molecule has 128 valence electrons. The van der Waals surface area contributed by atoms with Gasteiger partial charge in [-0.2, -0.15) is 0 Å². The van der Waals surface area contributed by atoms with Gasteiger partial charge < -0.3 is 10.3 Å². The van der Waals surface area contributed by atoms with E-state index in [1.165, 1.54) is 6.92 Å². The molecule has 2 N–H and O–H groups in total. The van der Waals surface area contributed by atoms with Gasteiger partial charge in [0.15, 0.2) is 0 Å². The van der Waals surface area contributed by atoms with Gasteiger partial charge >= 0.3 is 0 Å². The van der Waals surface area contributed by atoms with Gasteiger partial charge in [-0.25, -0.2) is 4.98 Å². The van der Waals surface area contributed by atoms with Gasteiger partial charge in [0.25, 0.3) is 0 Å². The first-order valence-electron chi connectivity index (χ1n) is 8.42. The van der Waals surface area contributed by atoms with Crippen molar-refractivity contribution in [3.05, 3.63) is 84.3 Å². The summed E-state index contributed by atoms with van der Waals surface area (Å²) in [6.07, 6.45) is 3.45. The molecule has 1 amide bonds. The summed E-state index contributed by atoms with van der Waals surface area (Å²) in [4.78, 5) is 23.7. The van der Waals surface area contributed by atoms with Crippen LogP contribution in [0.5, 0.6) is 0 Å². The van der Waals surface area contributed by atoms with E-state index in [9.17, 15) is 4.79 Å². The number of hydrogen-bond donors (Lipinski definition) is 2. The molecule has 1 unspecified atom stereocenters. The molecular weight excluding hydrogens is 324 g/mol. The van der Waals surface area contributed by atoms with Gasteiger partial charge in [-0.05, 0) is 41.5 Å². The van der Waals surface area contributed by atoms with Gasteiger partial charge in [0.05, 0.1) is 29.1 Å². The first kappa shape index (κ1) is 16.0. The number of rotatable bonds is 4. The maximum absolute atomic E-state index is 11.8. The smallest absolute Gasteiger partial charge is 0.217 e. The molecule has 5 nitrogen and oxygen atoms in total. The van der Waals surface area contributed by atoms with Crippen LogP contribution < -0.4 is 5.32 Å². The van der Waals surface area contributed by atoms with Crippen molar-refractivity contribution in [2.24, 2.45) is 0 Å². The quantitative estimate of drug-likeness (QED) is 0.592. The Morgan fingerprint density at radius 1 is 1.00 bits per heavy atom. The fourth-order valence-corrected chi connectivity index (χ4v) is 3.10. The number of carbonyl (C=O) groups excluding carboxylic acids is 1. The number of fused-ring (bicyclic) bond motifs is 1. The SMILES string of the molecule is CC(=O)NC(c1cccc(-c2ccccn2)c1)c1ccc2[nH]cnc2c1. The maximum atomic E-state index is 11.8. The Bertz CT molecular complexity index is 1060. The number of carbonyl (C=O) groups is 1. The second-order valence-electron chi connectivity index (χ2n) is 6.15. The average molecular weight is 342 g/mol. The number of H-pyrrole nitrogens is 1. The average Bonchev–Trinajstić information content (AvgIpc) is 3.14. The summed E-state index contributed by atoms with van der Waals surface area (Å²) in [7, 11) is 0. The van der Waals surface area contributed by atoms with Crippen LogP contribution in [0.15, 0.2) is 73.2 Å². The van der Waals surface area contributed by atoms with E-state index in [4.69, 9.17) is 0 Å². The van der Waals surface area contributed by atoms with Crippen LogP contribution >= 0.6 is 0 Å². The number of aromatic amines is 1. The lowest BCUT2D eigenvalue weighted by atomic mass is 9.96. The van der Waals surface area contributed by atoms with Crippen LogP contribution in [0.4, 0.5) is 0 Å². The Labute approximate surface area is 151 Å². The fraction of sp³-hybridized carbons (Fsp3) is 0.0952. The van der Waals surface area contributed by atoms with Crippen molar-refractivity contribution in [2.75, 3.05) is 0 Å². The first-order valence-corrected chi connectivity index (χ1v) is 8.42. The Kier molecular flexibility index (Phi) is 4.19. The van der Waals surface area contributed by atoms with E-state index in [0.29, 0.717) is 0 Å². The summed E-state index contributed by atoms with van der Waals surface area (Å²) >= 11 is 0. The molecule has 4 rings (SSSR count). The minimum Gasteiger partial charge on any atom is -0.345 e. The molecule has 2 heterocycles. The zero-order valence-corrected chi connectivity index (χ0v) is 14.3. The van der Waals surface area contributed by atoms with Crippen LogP contribution in [0.1, 0.15) is 24.1 Å². The Balaban J connectivity index is 1.78. The minimum atomic E-state index is -0.253. The molecule has 4 aromatic rings. The number of amides is 1. The van der Waals surface area contributed by atoms with E-state index >= 15 is 0 Å². The maximum Gasteiger partial charge on any atom is 0.217 e. The van der Waals surface area contributed by atoms with Crippen molar-refractivity contribution in [3.8, 4) is 11.3 Å². The van der Waals surface area contributed by atoms with Gasteiger partial charge in [0, 0.05) is 18.7 Å². The monoisotopic (exact) mass is 342 g/mol. The third-order valence-electron chi connectivity index (χ3n) is 4.31. The Morgan fingerprint density at radius 3 is 2.69 bits per heavy atom. The van der Waals surface area contributed by atoms with Crippen molar-refractivity contribution in [3.63, 3.8) is 0 Å². The molecule has 0 spiro atoms. The molecule has 0 aliphatic rings. The number of aromatic nitrogens is 3. The number of benzene rings is 2. The third-order valence-corrected chi connectivity index (χ3v) is 4.31. The Hall–Kier alpha value is -3.47. The van der Waals surface area contributed by atoms with E-state index in [2.05, 4.69) is 26.3 Å². The summed E-state index contributed by atoms with van der Waals surface area (Å²) < 4.78 is 0. The van der Waals surface area contributed by atoms with Crippen molar-refractivity contribution in [1.82, 2.24) is 20.3 Å². The lowest BCUT2D eigenvalue weighted by Gasteiger charge is -2.20. The highest BCUT2D eigenvalue weighted by Gasteiger charge is 2.17. The van der Waals surface area contributed by atoms with E-state index in [1.807, 2.05) is 54.6 Å². The largest absolute Gasteiger partial charge is 0.345 e. The highest BCUT2D eigenvalue weighted by molar-refractivity contribution is 5.77. The van der Waals surface area contributed by atoms with Gasteiger partial charge in [-0.1, -0.05) is 30.3 Å². The summed E-state index contributed by atoms with van der Waals surface area (Å²) in [5.41, 5.74) is 5.74. The number of nitrogens with zero attached hydrogens (tertiary/aromatic N) is 2. The molecule has 1 atom stereocenters. The number of imidazole rings is 1. The van der Waals surface area contributed by atoms with Gasteiger partial charge in [-0.15, -0.1) is 0 Å². The fourth-order valence-electron chi connectivity index (χ4n) is 3.10. The molecule has 0 aliphatic carbocycles. The molecule has 0 saturated heterocycles. The second-order valence-corrected chi connectivity index (χ2v) is 6.15. The lowest BCUT2D eigenvalue weighted by molar-refractivity contribution is -0.119. The lowest BCUT2D eigenvalue weighted by Crippen LogP contribution is -2.26.